The van der Waals surface area contributed by atoms with E-state index in [9.17, 15) is 0 Å². The Labute approximate surface area is 51.8 Å². The minimum absolute atomic E-state index is 0. The average molecular weight is 161 g/mol. The van der Waals surface area contributed by atoms with Crippen LogP contribution in [0.3, 0.4) is 0 Å². The van der Waals surface area contributed by atoms with Gasteiger partial charge >= 0.3 is 0 Å². The van der Waals surface area contributed by atoms with E-state index in [4.69, 9.17) is 0 Å². The molecule has 0 aliphatic heterocycles. The molecule has 0 rings (SSSR count). The largest absolute Gasteiger partial charge is 0.0434 e. The Morgan fingerprint density at radius 2 is 1.25 bits per heavy atom. The van der Waals surface area contributed by atoms with Gasteiger partial charge in [-0.3, -0.25) is 0 Å². The van der Waals surface area contributed by atoms with Gasteiger partial charge in [0.05, 0.1) is 0 Å². The normalized spacial score (nSPS) is 2.00. The van der Waals surface area contributed by atoms with Crippen LogP contribution in [0.25, 0.3) is 0 Å². The van der Waals surface area contributed by atoms with Crippen molar-refractivity contribution in [2.75, 3.05) is 0 Å². The maximum Gasteiger partial charge on any atom is 0.0434 e. The maximum absolute atomic E-state index is 4.64. The van der Waals surface area contributed by atoms with Crippen LogP contribution in [0.1, 0.15) is 0 Å². The Kier molecular flexibility index (Phi) is 126. The standard InChI is InChI=1S/BH3Si.Cu.Fe/c1-2;;/h2H3;;. The summed E-state index contributed by atoms with van der Waals surface area (Å²) in [4.78, 5) is 0. The molecule has 3 radical (unpaired) electrons. The van der Waals surface area contributed by atoms with Gasteiger partial charge in [0.2, 0.25) is 0 Å². The van der Waals surface area contributed by atoms with Crippen molar-refractivity contribution in [3.63, 3.8) is 0 Å². The number of rotatable bonds is 0. The number of hydrogen-bond donors (Lipinski definition) is 0. The smallest absolute Gasteiger partial charge is 0.0388 e. The van der Waals surface area contributed by atoms with E-state index < -0.39 is 0 Å². The fourth-order valence-electron chi connectivity index (χ4n) is 0. The predicted molar refractivity (Wildman–Crippen MR) is 15.7 cm³/mol. The third-order valence-corrected chi connectivity index (χ3v) is 0. The molecule has 0 atom stereocenters. The Morgan fingerprint density at radius 3 is 1.25 bits per heavy atom. The van der Waals surface area contributed by atoms with Crippen LogP contribution >= 0.6 is 0 Å². The van der Waals surface area contributed by atoms with Gasteiger partial charge < -0.3 is 0 Å². The summed E-state index contributed by atoms with van der Waals surface area (Å²) in [7, 11) is 5.44. The van der Waals surface area contributed by atoms with Crippen molar-refractivity contribution in [2.24, 2.45) is 0 Å². The number of hydrogen-bond acceptors (Lipinski definition) is 0. The Bertz CT molecular complexity index is 8.00. The first-order valence-corrected chi connectivity index (χ1v) is 1.73. The monoisotopic (exact) mass is 161 g/mol. The van der Waals surface area contributed by atoms with E-state index >= 15 is 0 Å². The van der Waals surface area contributed by atoms with Crippen LogP contribution in [0.2, 0.25) is 0 Å². The summed E-state index contributed by atoms with van der Waals surface area (Å²) in [6.45, 7) is 0. The molecule has 0 N–H and O–H groups in total. The summed E-state index contributed by atoms with van der Waals surface area (Å²) in [5.41, 5.74) is 0. The molecular formula is H3BCuFeSi. The Balaban J connectivity index is -0.00000000500. The summed E-state index contributed by atoms with van der Waals surface area (Å²) in [5.74, 6) is 0. The van der Waals surface area contributed by atoms with Crippen LogP contribution in [-0.2, 0) is 34.1 Å². The molecule has 4 heavy (non-hydrogen) atoms. The molecule has 0 nitrogen and oxygen atoms in total. The molecule has 0 aliphatic carbocycles. The van der Waals surface area contributed by atoms with E-state index in [0.717, 1.165) is 10.1 Å². The topological polar surface area (TPSA) is 0 Å². The first kappa shape index (κ1) is 18.4. The average Bonchev–Trinajstić information content (AvgIpc) is 1.00. The molecule has 0 aliphatic rings. The molecule has 0 fully saturated rings. The van der Waals surface area contributed by atoms with Gasteiger partial charge in [-0.15, -0.1) is 0 Å². The van der Waals surface area contributed by atoms with Gasteiger partial charge in [-0.25, -0.2) is 0 Å². The molecule has 0 heterocycles. The third-order valence-electron chi connectivity index (χ3n) is 0. The fraction of sp³-hybridized carbons (Fsp3) is 0. The summed E-state index contributed by atoms with van der Waals surface area (Å²) in [5, 5.41) is 0. The minimum atomic E-state index is 0. The summed E-state index contributed by atoms with van der Waals surface area (Å²) >= 11 is 0. The van der Waals surface area contributed by atoms with E-state index in [1.54, 1.807) is 0 Å². The van der Waals surface area contributed by atoms with Crippen LogP contribution in [0.15, 0.2) is 0 Å². The van der Waals surface area contributed by atoms with Gasteiger partial charge in [-0.05, 0) is 10.1 Å². The molecule has 0 aromatic heterocycles. The predicted octanol–water partition coefficient (Wildman–Crippen LogP) is -1.57. The van der Waals surface area contributed by atoms with Crippen molar-refractivity contribution < 1.29 is 34.1 Å². The van der Waals surface area contributed by atoms with Gasteiger partial charge in [-0.1, -0.05) is 0 Å². The molecule has 4 heteroatoms. The zero-order valence-corrected chi connectivity index (χ0v) is 6.28. The van der Waals surface area contributed by atoms with Gasteiger partial charge in [0, 0.05) is 41.6 Å². The van der Waals surface area contributed by atoms with Gasteiger partial charge in [0.25, 0.3) is 0 Å². The van der Waals surface area contributed by atoms with E-state index in [-0.39, 0.29) is 34.1 Å². The summed E-state index contributed by atoms with van der Waals surface area (Å²) in [6.07, 6.45) is 0. The van der Waals surface area contributed by atoms with Crippen molar-refractivity contribution in [2.45, 2.75) is 0 Å². The van der Waals surface area contributed by atoms with Crippen LogP contribution in [0.5, 0.6) is 0 Å². The Morgan fingerprint density at radius 1 is 1.25 bits per heavy atom. The molecule has 0 saturated heterocycles. The van der Waals surface area contributed by atoms with E-state index in [0.29, 0.717) is 0 Å². The first-order chi connectivity index (χ1) is 1.00. The second kappa shape index (κ2) is 27.3. The van der Waals surface area contributed by atoms with Gasteiger partial charge in [0.1, 0.15) is 0 Å². The quantitative estimate of drug-likeness (QED) is 0.377. The molecule has 0 amide bonds. The molecule has 0 aromatic rings. The van der Waals surface area contributed by atoms with Gasteiger partial charge in [0.15, 0.2) is 0 Å². The minimum Gasteiger partial charge on any atom is -0.0388 e. The second-order valence-electron chi connectivity index (χ2n) is 0. The molecule has 0 aromatic carbocycles. The fourth-order valence-corrected chi connectivity index (χ4v) is 0. The van der Waals surface area contributed by atoms with Crippen LogP contribution in [-0.4, -0.2) is 17.6 Å². The third kappa shape index (κ3) is 10.3. The van der Waals surface area contributed by atoms with Crippen LogP contribution < -0.4 is 0 Å². The second-order valence-corrected chi connectivity index (χ2v) is 0. The molecule has 0 bridgehead atoms. The van der Waals surface area contributed by atoms with Crippen molar-refractivity contribution in [3.05, 3.63) is 0 Å². The SMILES string of the molecule is [B][SiH3].[Cu].[Fe]. The molecule has 0 unspecified atom stereocenters. The van der Waals surface area contributed by atoms with Gasteiger partial charge in [-0.2, -0.15) is 0 Å². The maximum atomic E-state index is 4.64. The van der Waals surface area contributed by atoms with Crippen molar-refractivity contribution >= 4 is 17.6 Å². The zero-order valence-electron chi connectivity index (χ0n) is 2.23. The summed E-state index contributed by atoms with van der Waals surface area (Å²) < 4.78 is 0. The van der Waals surface area contributed by atoms with E-state index in [1.807, 2.05) is 0 Å². The van der Waals surface area contributed by atoms with Crippen molar-refractivity contribution in [1.29, 1.82) is 0 Å². The molecule has 0 saturated carbocycles. The zero-order chi connectivity index (χ0) is 2.00. The molecular weight excluding hydrogens is 158 g/mol. The Hall–Kier alpha value is 1.32. The first-order valence-electron chi connectivity index (χ1n) is 0.577. The van der Waals surface area contributed by atoms with E-state index in [2.05, 4.69) is 7.44 Å². The van der Waals surface area contributed by atoms with Crippen LogP contribution in [0, 0.1) is 0 Å². The van der Waals surface area contributed by atoms with E-state index in [1.165, 1.54) is 0 Å². The van der Waals surface area contributed by atoms with Crippen LogP contribution in [0.4, 0.5) is 0 Å². The molecule has 0 spiro atoms. The molecule has 29 valence electrons. The van der Waals surface area contributed by atoms with Crippen molar-refractivity contribution in [1.82, 2.24) is 0 Å². The van der Waals surface area contributed by atoms with Crippen molar-refractivity contribution in [3.8, 4) is 0 Å². The summed E-state index contributed by atoms with van der Waals surface area (Å²) in [6, 6.07) is 0.